The number of methoxy groups -OCH3 is 1. The minimum atomic E-state index is -0.220. The molecule has 3 unspecified atom stereocenters. The Morgan fingerprint density at radius 1 is 1.37 bits per heavy atom. The number of benzene rings is 1. The van der Waals surface area contributed by atoms with E-state index in [4.69, 9.17) is 9.47 Å². The summed E-state index contributed by atoms with van der Waals surface area (Å²) in [6.45, 7) is 6.65. The number of esters is 1. The predicted molar refractivity (Wildman–Crippen MR) is 104 cm³/mol. The monoisotopic (exact) mass is 374 g/mol. The van der Waals surface area contributed by atoms with Crippen molar-refractivity contribution in [2.45, 2.75) is 25.6 Å². The van der Waals surface area contributed by atoms with Gasteiger partial charge >= 0.3 is 5.97 Å². The fourth-order valence-electron chi connectivity index (χ4n) is 3.81. The molecule has 7 nitrogen and oxygen atoms in total. The molecule has 3 atom stereocenters. The fourth-order valence-corrected chi connectivity index (χ4v) is 3.81. The quantitative estimate of drug-likeness (QED) is 0.470. The van der Waals surface area contributed by atoms with Crippen LogP contribution in [0.5, 0.6) is 0 Å². The van der Waals surface area contributed by atoms with Gasteiger partial charge in [0.25, 0.3) is 0 Å². The Kier molecular flexibility index (Phi) is 6.68. The van der Waals surface area contributed by atoms with E-state index < -0.39 is 0 Å². The summed E-state index contributed by atoms with van der Waals surface area (Å²) in [6, 6.07) is 10.9. The van der Waals surface area contributed by atoms with Crippen molar-refractivity contribution < 1.29 is 14.3 Å². The highest BCUT2D eigenvalue weighted by Gasteiger charge is 2.41. The first-order valence-corrected chi connectivity index (χ1v) is 9.55. The van der Waals surface area contributed by atoms with Gasteiger partial charge in [0, 0.05) is 39.8 Å². The first-order valence-electron chi connectivity index (χ1n) is 9.55. The number of ether oxygens (including phenoxy) is 2. The maximum atomic E-state index is 11.6. The molecule has 0 spiro atoms. The molecule has 27 heavy (non-hydrogen) atoms. The van der Waals surface area contributed by atoms with Crippen molar-refractivity contribution in [3.05, 3.63) is 35.9 Å². The standard InChI is InChI=1S/C20H30N4O3/c1-15(19(25)26-3)11-22-20(21-2)24-13-17-18(14-24)27-10-9-23(17)12-16-7-5-4-6-8-16/h4-8,15,17-18H,9-14H2,1-3H3,(H,21,22). The maximum Gasteiger partial charge on any atom is 0.310 e. The molecule has 2 aliphatic heterocycles. The Balaban J connectivity index is 1.60. The van der Waals surface area contributed by atoms with E-state index in [1.54, 1.807) is 7.05 Å². The van der Waals surface area contributed by atoms with Gasteiger partial charge in [0.05, 0.1) is 31.8 Å². The number of rotatable bonds is 5. The molecule has 2 heterocycles. The third kappa shape index (κ3) is 4.78. The van der Waals surface area contributed by atoms with Crippen molar-refractivity contribution in [1.82, 2.24) is 15.1 Å². The smallest absolute Gasteiger partial charge is 0.310 e. The number of carbonyl (C=O) groups is 1. The topological polar surface area (TPSA) is 66.4 Å². The molecule has 2 saturated heterocycles. The van der Waals surface area contributed by atoms with Gasteiger partial charge in [-0.05, 0) is 5.56 Å². The van der Waals surface area contributed by atoms with E-state index >= 15 is 0 Å². The second-order valence-corrected chi connectivity index (χ2v) is 7.19. The zero-order chi connectivity index (χ0) is 19.2. The van der Waals surface area contributed by atoms with Gasteiger partial charge in [0.2, 0.25) is 0 Å². The lowest BCUT2D eigenvalue weighted by molar-refractivity contribution is -0.144. The van der Waals surface area contributed by atoms with Gasteiger partial charge in [-0.15, -0.1) is 0 Å². The minimum absolute atomic E-state index is 0.180. The van der Waals surface area contributed by atoms with Crippen LogP contribution in [-0.4, -0.2) is 80.8 Å². The number of likely N-dealkylation sites (tertiary alicyclic amines) is 1. The van der Waals surface area contributed by atoms with Crippen LogP contribution in [0.25, 0.3) is 0 Å². The molecule has 148 valence electrons. The van der Waals surface area contributed by atoms with Gasteiger partial charge in [-0.1, -0.05) is 37.3 Å². The number of guanidine groups is 1. The first kappa shape index (κ1) is 19.6. The number of morpholine rings is 1. The highest BCUT2D eigenvalue weighted by Crippen LogP contribution is 2.24. The van der Waals surface area contributed by atoms with E-state index in [2.05, 4.69) is 44.4 Å². The van der Waals surface area contributed by atoms with Gasteiger partial charge in [0.1, 0.15) is 0 Å². The van der Waals surface area contributed by atoms with Crippen LogP contribution in [0, 0.1) is 5.92 Å². The Labute approximate surface area is 161 Å². The molecule has 2 aliphatic rings. The minimum Gasteiger partial charge on any atom is -0.469 e. The third-order valence-corrected chi connectivity index (χ3v) is 5.33. The summed E-state index contributed by atoms with van der Waals surface area (Å²) < 4.78 is 10.8. The van der Waals surface area contributed by atoms with Gasteiger partial charge in [0.15, 0.2) is 5.96 Å². The average Bonchev–Trinajstić information content (AvgIpc) is 3.13. The molecule has 0 radical (unpaired) electrons. The van der Waals surface area contributed by atoms with E-state index in [-0.39, 0.29) is 18.0 Å². The van der Waals surface area contributed by atoms with Crippen molar-refractivity contribution in [2.24, 2.45) is 10.9 Å². The van der Waals surface area contributed by atoms with Crippen molar-refractivity contribution in [1.29, 1.82) is 0 Å². The number of hydrogen-bond donors (Lipinski definition) is 1. The van der Waals surface area contributed by atoms with Crippen LogP contribution in [0.4, 0.5) is 0 Å². The number of nitrogens with one attached hydrogen (secondary N) is 1. The lowest BCUT2D eigenvalue weighted by atomic mass is 10.1. The first-order chi connectivity index (χ1) is 13.1. The Hall–Kier alpha value is -2.12. The summed E-state index contributed by atoms with van der Waals surface area (Å²) in [5.74, 6) is 0.372. The molecule has 0 aliphatic carbocycles. The molecule has 0 bridgehead atoms. The molecule has 1 aromatic carbocycles. The molecule has 3 rings (SSSR count). The lowest BCUT2D eigenvalue weighted by Crippen LogP contribution is -2.50. The molecule has 0 amide bonds. The summed E-state index contributed by atoms with van der Waals surface area (Å²) in [4.78, 5) is 20.7. The van der Waals surface area contributed by atoms with E-state index in [0.29, 0.717) is 12.6 Å². The number of nitrogens with zero attached hydrogens (tertiary/aromatic N) is 3. The Morgan fingerprint density at radius 3 is 2.85 bits per heavy atom. The van der Waals surface area contributed by atoms with Crippen molar-refractivity contribution in [2.75, 3.05) is 46.9 Å². The maximum absolute atomic E-state index is 11.6. The SMILES string of the molecule is CN=C(NCC(C)C(=O)OC)N1CC2OCCN(Cc3ccccc3)C2C1. The van der Waals surface area contributed by atoms with Crippen LogP contribution in [-0.2, 0) is 20.8 Å². The Morgan fingerprint density at radius 2 is 2.15 bits per heavy atom. The molecule has 0 saturated carbocycles. The second kappa shape index (κ2) is 9.19. The van der Waals surface area contributed by atoms with Gasteiger partial charge in [-0.3, -0.25) is 14.7 Å². The molecule has 7 heteroatoms. The predicted octanol–water partition coefficient (Wildman–Crippen LogP) is 0.956. The number of fused-ring (bicyclic) bond motifs is 1. The molecule has 2 fully saturated rings. The molecular weight excluding hydrogens is 344 g/mol. The normalized spacial score (nSPS) is 24.4. The summed E-state index contributed by atoms with van der Waals surface area (Å²) >= 11 is 0. The fraction of sp³-hybridized carbons (Fsp3) is 0.600. The highest BCUT2D eigenvalue weighted by atomic mass is 16.5. The molecule has 1 N–H and O–H groups in total. The summed E-state index contributed by atoms with van der Waals surface area (Å²) in [6.07, 6.45) is 0.180. The lowest BCUT2D eigenvalue weighted by Gasteiger charge is -2.36. The summed E-state index contributed by atoms with van der Waals surface area (Å²) in [5.41, 5.74) is 1.33. The van der Waals surface area contributed by atoms with E-state index in [9.17, 15) is 4.79 Å². The van der Waals surface area contributed by atoms with E-state index in [1.807, 2.05) is 13.0 Å². The van der Waals surface area contributed by atoms with Crippen molar-refractivity contribution in [3.8, 4) is 0 Å². The van der Waals surface area contributed by atoms with Crippen molar-refractivity contribution >= 4 is 11.9 Å². The number of carbonyl (C=O) groups excluding carboxylic acids is 1. The molecule has 1 aromatic rings. The van der Waals surface area contributed by atoms with Crippen LogP contribution in [0.15, 0.2) is 35.3 Å². The zero-order valence-electron chi connectivity index (χ0n) is 16.4. The van der Waals surface area contributed by atoms with Crippen LogP contribution in [0.1, 0.15) is 12.5 Å². The third-order valence-electron chi connectivity index (χ3n) is 5.33. The van der Waals surface area contributed by atoms with Crippen LogP contribution >= 0.6 is 0 Å². The summed E-state index contributed by atoms with van der Waals surface area (Å²) in [7, 11) is 3.19. The Bertz CT molecular complexity index is 652. The summed E-state index contributed by atoms with van der Waals surface area (Å²) in [5, 5.41) is 3.30. The van der Waals surface area contributed by atoms with Gasteiger partial charge in [-0.25, -0.2) is 0 Å². The van der Waals surface area contributed by atoms with Gasteiger partial charge in [-0.2, -0.15) is 0 Å². The zero-order valence-corrected chi connectivity index (χ0v) is 16.4. The molecular formula is C20H30N4O3. The average molecular weight is 374 g/mol. The van der Waals surface area contributed by atoms with Crippen molar-refractivity contribution in [3.63, 3.8) is 0 Å². The van der Waals surface area contributed by atoms with Crippen LogP contribution in [0.3, 0.4) is 0 Å². The van der Waals surface area contributed by atoms with Crippen LogP contribution < -0.4 is 5.32 Å². The van der Waals surface area contributed by atoms with E-state index in [1.165, 1.54) is 12.7 Å². The number of aliphatic imine (C=N–C) groups is 1. The second-order valence-electron chi connectivity index (χ2n) is 7.19. The largest absolute Gasteiger partial charge is 0.469 e. The molecule has 0 aromatic heterocycles. The van der Waals surface area contributed by atoms with Gasteiger partial charge < -0.3 is 19.7 Å². The van der Waals surface area contributed by atoms with Crippen LogP contribution in [0.2, 0.25) is 0 Å². The number of hydrogen-bond acceptors (Lipinski definition) is 5. The van der Waals surface area contributed by atoms with E-state index in [0.717, 1.165) is 38.7 Å². The highest BCUT2D eigenvalue weighted by molar-refractivity contribution is 5.81.